The number of nitriles is 1. The van der Waals surface area contributed by atoms with Crippen molar-refractivity contribution in [2.75, 3.05) is 5.32 Å². The van der Waals surface area contributed by atoms with Gasteiger partial charge in [0.15, 0.2) is 0 Å². The second-order valence-corrected chi connectivity index (χ2v) is 10.4. The molecule has 206 valence electrons. The maximum Gasteiger partial charge on any atom is 0.271 e. The number of halogens is 2. The van der Waals surface area contributed by atoms with Gasteiger partial charge in [0.05, 0.1) is 29.3 Å². The zero-order chi connectivity index (χ0) is 29.3. The van der Waals surface area contributed by atoms with Crippen LogP contribution in [0.15, 0.2) is 109 Å². The van der Waals surface area contributed by atoms with E-state index >= 15 is 0 Å². The molecule has 1 fully saturated rings. The van der Waals surface area contributed by atoms with Crippen LogP contribution in [0.4, 0.5) is 20.3 Å². The number of nitrogens with one attached hydrogen (secondary N) is 1. The molecule has 6 nitrogen and oxygen atoms in total. The van der Waals surface area contributed by atoms with Gasteiger partial charge in [0.1, 0.15) is 5.82 Å². The molecule has 1 saturated carbocycles. The van der Waals surface area contributed by atoms with Gasteiger partial charge in [0.2, 0.25) is 5.91 Å². The minimum absolute atomic E-state index is 0.156. The molecule has 2 heterocycles. The van der Waals surface area contributed by atoms with E-state index in [1.807, 2.05) is 60.7 Å². The van der Waals surface area contributed by atoms with Crippen LogP contribution in [-0.2, 0) is 10.7 Å². The Balaban J connectivity index is 1.55. The molecule has 0 radical (unpaired) electrons. The topological polar surface area (TPSA) is 91.0 Å². The van der Waals surface area contributed by atoms with Crippen molar-refractivity contribution >= 4 is 33.9 Å². The molecule has 2 unspecified atom stereocenters. The van der Waals surface area contributed by atoms with Gasteiger partial charge < -0.3 is 5.32 Å². The Labute approximate surface area is 241 Å². The van der Waals surface area contributed by atoms with Crippen molar-refractivity contribution in [1.82, 2.24) is 9.97 Å². The van der Waals surface area contributed by atoms with Gasteiger partial charge in [-0.1, -0.05) is 60.7 Å². The van der Waals surface area contributed by atoms with Gasteiger partial charge in [0, 0.05) is 53.2 Å². The minimum Gasteiger partial charge on any atom is -0.310 e. The largest absolute Gasteiger partial charge is 0.310 e. The second kappa shape index (κ2) is 10.9. The van der Waals surface area contributed by atoms with Crippen molar-refractivity contribution in [3.8, 4) is 17.2 Å². The summed E-state index contributed by atoms with van der Waals surface area (Å²) in [5.74, 6) is -3.70. The third-order valence-electron chi connectivity index (χ3n) is 7.29. The first kappa shape index (κ1) is 26.9. The molecule has 1 aliphatic carbocycles. The van der Waals surface area contributed by atoms with Crippen LogP contribution in [-0.4, -0.2) is 21.6 Å². The summed E-state index contributed by atoms with van der Waals surface area (Å²) in [5.41, 5.74) is 3.63. The first-order valence-electron chi connectivity index (χ1n) is 13.5. The Kier molecular flexibility index (Phi) is 7.01. The number of fused-ring (bicyclic) bond motifs is 1. The Bertz CT molecular complexity index is 1820. The van der Waals surface area contributed by atoms with E-state index in [1.165, 1.54) is 18.5 Å². The number of aliphatic imine (C=N–C) groups is 1. The van der Waals surface area contributed by atoms with Gasteiger partial charge in [-0.3, -0.25) is 9.78 Å². The van der Waals surface area contributed by atoms with E-state index in [4.69, 9.17) is 10.3 Å². The number of amides is 1. The average Bonchev–Trinajstić information content (AvgIpc) is 3.80. The van der Waals surface area contributed by atoms with E-state index in [-0.39, 0.29) is 28.9 Å². The lowest BCUT2D eigenvalue weighted by molar-refractivity contribution is -0.117. The Morgan fingerprint density at radius 3 is 2.31 bits per heavy atom. The quantitative estimate of drug-likeness (QED) is 0.208. The summed E-state index contributed by atoms with van der Waals surface area (Å²) in [6.07, 6.45) is 4.92. The van der Waals surface area contributed by atoms with Crippen molar-refractivity contribution < 1.29 is 13.6 Å². The van der Waals surface area contributed by atoms with Crippen molar-refractivity contribution in [2.24, 2.45) is 16.8 Å². The molecule has 0 aliphatic heterocycles. The molecule has 1 aliphatic rings. The Hall–Kier alpha value is -5.29. The summed E-state index contributed by atoms with van der Waals surface area (Å²) in [7, 11) is 0. The summed E-state index contributed by atoms with van der Waals surface area (Å²) in [5, 5.41) is 13.2. The first-order valence-corrected chi connectivity index (χ1v) is 13.5. The summed E-state index contributed by atoms with van der Waals surface area (Å²) < 4.78 is 29.4. The van der Waals surface area contributed by atoms with E-state index in [2.05, 4.69) is 21.4 Å². The van der Waals surface area contributed by atoms with E-state index in [0.29, 0.717) is 40.0 Å². The van der Waals surface area contributed by atoms with Gasteiger partial charge in [-0.2, -0.15) is 5.26 Å². The standard InChI is InChI=1S/C34H25F2N5O/c1-34(35,36)29-12-13-38-19-27(29)23-14-24-17-31(41-33(42)26-15-25(26)18-37)39-20-28(24)30(16-23)40-32(21-8-4-2-5-9-21)22-10-6-3-7-11-22/h2-14,16-17,19-20,25-26H,15H2,1H3,(H,39,41,42). The number of rotatable bonds is 7. The minimum atomic E-state index is -3.10. The first-order chi connectivity index (χ1) is 20.3. The maximum absolute atomic E-state index is 14.7. The SMILES string of the molecule is CC(F)(F)c1ccncc1-c1cc(N=C(c2ccccc2)c2ccccc2)c2cnc(NC(=O)C3CC3C#N)cc2c1. The average molecular weight is 558 g/mol. The molecular weight excluding hydrogens is 532 g/mol. The third-order valence-corrected chi connectivity index (χ3v) is 7.29. The van der Waals surface area contributed by atoms with Crippen molar-refractivity contribution in [1.29, 1.82) is 5.26 Å². The van der Waals surface area contributed by atoms with Gasteiger partial charge in [-0.15, -0.1) is 0 Å². The van der Waals surface area contributed by atoms with E-state index in [9.17, 15) is 13.6 Å². The number of hydrogen-bond acceptors (Lipinski definition) is 5. The molecular formula is C34H25F2N5O. The molecule has 5 aromatic rings. The van der Waals surface area contributed by atoms with Gasteiger partial charge in [-0.05, 0) is 41.6 Å². The van der Waals surface area contributed by atoms with Gasteiger partial charge >= 0.3 is 0 Å². The van der Waals surface area contributed by atoms with E-state index in [1.54, 1.807) is 24.4 Å². The number of carbonyl (C=O) groups excluding carboxylic acids is 1. The number of carbonyl (C=O) groups is 1. The number of alkyl halides is 2. The number of hydrogen-bond donors (Lipinski definition) is 1. The van der Waals surface area contributed by atoms with Crippen LogP contribution < -0.4 is 5.32 Å². The number of aromatic nitrogens is 2. The molecule has 6 rings (SSSR count). The Morgan fingerprint density at radius 1 is 1.00 bits per heavy atom. The molecule has 42 heavy (non-hydrogen) atoms. The van der Waals surface area contributed by atoms with Gasteiger partial charge in [-0.25, -0.2) is 18.8 Å². The van der Waals surface area contributed by atoms with Crippen molar-refractivity contribution in [3.05, 3.63) is 120 Å². The highest BCUT2D eigenvalue weighted by Crippen LogP contribution is 2.41. The lowest BCUT2D eigenvalue weighted by atomic mass is 9.95. The van der Waals surface area contributed by atoms with E-state index < -0.39 is 5.92 Å². The fourth-order valence-corrected chi connectivity index (χ4v) is 5.02. The fraction of sp³-hybridized carbons (Fsp3) is 0.147. The van der Waals surface area contributed by atoms with Crippen molar-refractivity contribution in [2.45, 2.75) is 19.3 Å². The monoisotopic (exact) mass is 557 g/mol. The smallest absolute Gasteiger partial charge is 0.271 e. The highest BCUT2D eigenvalue weighted by Gasteiger charge is 2.43. The summed E-state index contributed by atoms with van der Waals surface area (Å²) in [4.78, 5) is 26.3. The van der Waals surface area contributed by atoms with Crippen LogP contribution in [0.3, 0.4) is 0 Å². The zero-order valence-corrected chi connectivity index (χ0v) is 22.6. The molecule has 0 bridgehead atoms. The summed E-state index contributed by atoms with van der Waals surface area (Å²) in [6, 6.07) is 28.1. The molecule has 8 heteroatoms. The zero-order valence-electron chi connectivity index (χ0n) is 22.6. The van der Waals surface area contributed by atoms with Gasteiger partial charge in [0.25, 0.3) is 5.92 Å². The Morgan fingerprint density at radius 2 is 1.69 bits per heavy atom. The van der Waals surface area contributed by atoms with Crippen LogP contribution in [0.2, 0.25) is 0 Å². The highest BCUT2D eigenvalue weighted by molar-refractivity contribution is 6.15. The highest BCUT2D eigenvalue weighted by atomic mass is 19.3. The number of benzene rings is 3. The van der Waals surface area contributed by atoms with Crippen LogP contribution in [0.5, 0.6) is 0 Å². The third kappa shape index (κ3) is 5.50. The van der Waals surface area contributed by atoms with E-state index in [0.717, 1.165) is 18.1 Å². The molecule has 2 aromatic heterocycles. The predicted octanol–water partition coefficient (Wildman–Crippen LogP) is 7.68. The molecule has 1 N–H and O–H groups in total. The summed E-state index contributed by atoms with van der Waals surface area (Å²) >= 11 is 0. The maximum atomic E-state index is 14.7. The summed E-state index contributed by atoms with van der Waals surface area (Å²) in [6.45, 7) is 0.860. The number of nitrogens with zero attached hydrogens (tertiary/aromatic N) is 4. The van der Waals surface area contributed by atoms with Crippen LogP contribution >= 0.6 is 0 Å². The van der Waals surface area contributed by atoms with Crippen LogP contribution in [0.1, 0.15) is 30.0 Å². The number of pyridine rings is 2. The lowest BCUT2D eigenvalue weighted by Gasteiger charge is -2.17. The molecule has 0 spiro atoms. The fourth-order valence-electron chi connectivity index (χ4n) is 5.02. The van der Waals surface area contributed by atoms with Crippen molar-refractivity contribution in [3.63, 3.8) is 0 Å². The van der Waals surface area contributed by atoms with Crippen LogP contribution in [0, 0.1) is 23.2 Å². The number of anilines is 1. The lowest BCUT2D eigenvalue weighted by Crippen LogP contribution is -2.15. The molecule has 3 aromatic carbocycles. The normalized spacial score (nSPS) is 16.0. The predicted molar refractivity (Wildman–Crippen MR) is 159 cm³/mol. The molecule has 1 amide bonds. The second-order valence-electron chi connectivity index (χ2n) is 10.4. The molecule has 2 atom stereocenters. The van der Waals surface area contributed by atoms with Crippen LogP contribution in [0.25, 0.3) is 21.9 Å². The molecule has 0 saturated heterocycles.